The lowest BCUT2D eigenvalue weighted by atomic mass is 10.2. The molecule has 21 heavy (non-hydrogen) atoms. The van der Waals surface area contributed by atoms with E-state index in [2.05, 4.69) is 21.0 Å². The topological polar surface area (TPSA) is 70.4 Å². The summed E-state index contributed by atoms with van der Waals surface area (Å²) in [5, 5.41) is 4.39. The Bertz CT molecular complexity index is 538. The van der Waals surface area contributed by atoms with E-state index < -0.39 is 23.3 Å². The minimum absolute atomic E-state index is 0.243. The molecule has 0 unspecified atom stereocenters. The van der Waals surface area contributed by atoms with Crippen molar-refractivity contribution in [1.29, 1.82) is 0 Å². The number of rotatable bonds is 2. The first kappa shape index (κ1) is 17.7. The monoisotopic (exact) mass is 360 g/mol. The van der Waals surface area contributed by atoms with E-state index in [1.807, 2.05) is 0 Å². The molecule has 1 heterocycles. The summed E-state index contributed by atoms with van der Waals surface area (Å²) in [6.07, 6.45) is 0.693. The Labute approximate surface area is 132 Å². The third-order valence-electron chi connectivity index (χ3n) is 2.12. The Balaban J connectivity index is 3.03. The third kappa shape index (κ3) is 5.49. The van der Waals surface area contributed by atoms with Crippen molar-refractivity contribution >= 4 is 28.0 Å². The van der Waals surface area contributed by atoms with Crippen LogP contribution in [0.25, 0.3) is 0 Å². The molecule has 1 aromatic rings. The summed E-state index contributed by atoms with van der Waals surface area (Å²) >= 11 is 3.24. The lowest BCUT2D eigenvalue weighted by molar-refractivity contribution is 0.00687. The van der Waals surface area contributed by atoms with Gasteiger partial charge in [0.25, 0.3) is 0 Å². The number of alkyl halides is 1. The predicted molar refractivity (Wildman–Crippen MR) is 81.7 cm³/mol. The smallest absolute Gasteiger partial charge is 0.435 e. The molecule has 0 atom stereocenters. The molecule has 0 saturated carbocycles. The minimum Gasteiger partial charge on any atom is -0.456 e. The maximum Gasteiger partial charge on any atom is 0.435 e. The maximum atomic E-state index is 12.1. The highest BCUT2D eigenvalue weighted by molar-refractivity contribution is 9.08. The van der Waals surface area contributed by atoms with E-state index in [1.54, 1.807) is 41.5 Å². The summed E-state index contributed by atoms with van der Waals surface area (Å²) in [7, 11) is 0. The Morgan fingerprint density at radius 1 is 1.14 bits per heavy atom. The summed E-state index contributed by atoms with van der Waals surface area (Å²) in [4.78, 5) is 24.1. The van der Waals surface area contributed by atoms with E-state index in [4.69, 9.17) is 9.47 Å². The minimum atomic E-state index is -0.639. The first-order chi connectivity index (χ1) is 9.43. The standard InChI is InChI=1S/C14H21BrN2O4/c1-13(2,3)20-11(18)9-8-17(16-10(9)7-15)12(19)21-14(4,5)6/h8H,7H2,1-6H3. The van der Waals surface area contributed by atoms with Crippen molar-refractivity contribution in [3.63, 3.8) is 0 Å². The van der Waals surface area contributed by atoms with Gasteiger partial charge in [0.05, 0.1) is 11.9 Å². The van der Waals surface area contributed by atoms with E-state index in [-0.39, 0.29) is 5.56 Å². The van der Waals surface area contributed by atoms with E-state index in [9.17, 15) is 9.59 Å². The largest absolute Gasteiger partial charge is 0.456 e. The fourth-order valence-electron chi connectivity index (χ4n) is 1.41. The first-order valence-electron chi connectivity index (χ1n) is 6.54. The second-order valence-corrected chi connectivity index (χ2v) is 7.11. The second-order valence-electron chi connectivity index (χ2n) is 6.55. The molecular formula is C14H21BrN2O4. The zero-order valence-corrected chi connectivity index (χ0v) is 14.8. The van der Waals surface area contributed by atoms with Gasteiger partial charge in [-0.1, -0.05) is 15.9 Å². The molecule has 7 heteroatoms. The molecule has 0 bridgehead atoms. The van der Waals surface area contributed by atoms with E-state index in [1.165, 1.54) is 6.20 Å². The zero-order valence-electron chi connectivity index (χ0n) is 13.2. The van der Waals surface area contributed by atoms with Gasteiger partial charge in [-0.05, 0) is 41.5 Å². The molecule has 0 aromatic carbocycles. The van der Waals surface area contributed by atoms with Crippen LogP contribution in [0, 0.1) is 0 Å². The average Bonchev–Trinajstić information content (AvgIpc) is 2.68. The molecule has 0 amide bonds. The number of ether oxygens (including phenoxy) is 2. The molecule has 0 N–H and O–H groups in total. The van der Waals surface area contributed by atoms with Gasteiger partial charge < -0.3 is 9.47 Å². The summed E-state index contributed by atoms with van der Waals surface area (Å²) in [5.74, 6) is -0.522. The van der Waals surface area contributed by atoms with E-state index in [0.29, 0.717) is 11.0 Å². The molecule has 0 aliphatic rings. The molecular weight excluding hydrogens is 340 g/mol. The molecule has 0 fully saturated rings. The Morgan fingerprint density at radius 2 is 1.67 bits per heavy atom. The lowest BCUT2D eigenvalue weighted by Crippen LogP contribution is -2.27. The number of halogens is 1. The molecule has 0 spiro atoms. The van der Waals surface area contributed by atoms with Crippen molar-refractivity contribution in [2.75, 3.05) is 0 Å². The fourth-order valence-corrected chi connectivity index (χ4v) is 1.83. The number of hydrogen-bond donors (Lipinski definition) is 0. The SMILES string of the molecule is CC(C)(C)OC(=O)c1cn(C(=O)OC(C)(C)C)nc1CBr. The van der Waals surface area contributed by atoms with Crippen LogP contribution >= 0.6 is 15.9 Å². The number of aromatic nitrogens is 2. The molecule has 0 aliphatic heterocycles. The third-order valence-corrected chi connectivity index (χ3v) is 2.65. The van der Waals surface area contributed by atoms with Crippen molar-refractivity contribution in [3.05, 3.63) is 17.5 Å². The van der Waals surface area contributed by atoms with Gasteiger partial charge in [0.1, 0.15) is 16.8 Å². The molecule has 118 valence electrons. The first-order valence-corrected chi connectivity index (χ1v) is 7.66. The van der Waals surface area contributed by atoms with Crippen LogP contribution in [0.2, 0.25) is 0 Å². The Kier molecular flexibility index (Phi) is 5.20. The molecule has 0 aliphatic carbocycles. The number of carbonyl (C=O) groups excluding carboxylic acids is 2. The van der Waals surface area contributed by atoms with Crippen LogP contribution in [0.5, 0.6) is 0 Å². The molecule has 1 rings (SSSR count). The van der Waals surface area contributed by atoms with Crippen LogP contribution in [0.4, 0.5) is 4.79 Å². The summed E-state index contributed by atoms with van der Waals surface area (Å²) in [6, 6.07) is 0. The molecule has 0 radical (unpaired) electrons. The second kappa shape index (κ2) is 6.17. The number of hydrogen-bond acceptors (Lipinski definition) is 5. The van der Waals surface area contributed by atoms with Gasteiger partial charge in [0, 0.05) is 5.33 Å². The zero-order chi connectivity index (χ0) is 16.4. The highest BCUT2D eigenvalue weighted by Gasteiger charge is 2.25. The van der Waals surface area contributed by atoms with Gasteiger partial charge in [-0.15, -0.1) is 0 Å². The van der Waals surface area contributed by atoms with Crippen LogP contribution in [0.1, 0.15) is 57.6 Å². The Morgan fingerprint density at radius 3 is 2.10 bits per heavy atom. The van der Waals surface area contributed by atoms with Crippen LogP contribution < -0.4 is 0 Å². The average molecular weight is 361 g/mol. The van der Waals surface area contributed by atoms with Crippen molar-refractivity contribution in [1.82, 2.24) is 9.78 Å². The van der Waals surface area contributed by atoms with Crippen molar-refractivity contribution in [2.45, 2.75) is 58.1 Å². The highest BCUT2D eigenvalue weighted by atomic mass is 79.9. The number of nitrogens with zero attached hydrogens (tertiary/aromatic N) is 2. The molecule has 0 saturated heterocycles. The van der Waals surface area contributed by atoms with Crippen molar-refractivity contribution in [2.24, 2.45) is 0 Å². The van der Waals surface area contributed by atoms with Gasteiger partial charge in [-0.25, -0.2) is 9.59 Å². The quantitative estimate of drug-likeness (QED) is 0.596. The molecule has 1 aromatic heterocycles. The van der Waals surface area contributed by atoms with Crippen LogP contribution in [0.3, 0.4) is 0 Å². The summed E-state index contributed by atoms with van der Waals surface area (Å²) in [5.41, 5.74) is -0.582. The van der Waals surface area contributed by atoms with Crippen LogP contribution in [-0.2, 0) is 14.8 Å². The number of esters is 1. The summed E-state index contributed by atoms with van der Waals surface area (Å²) < 4.78 is 11.5. The van der Waals surface area contributed by atoms with Gasteiger partial charge in [-0.2, -0.15) is 9.78 Å². The van der Waals surface area contributed by atoms with Gasteiger partial charge in [-0.3, -0.25) is 0 Å². The predicted octanol–water partition coefficient (Wildman–Crippen LogP) is 3.52. The normalized spacial score (nSPS) is 12.1. The molecule has 6 nitrogen and oxygen atoms in total. The van der Waals surface area contributed by atoms with Crippen molar-refractivity contribution in [3.8, 4) is 0 Å². The maximum absolute atomic E-state index is 12.1. The van der Waals surface area contributed by atoms with Crippen molar-refractivity contribution < 1.29 is 19.1 Å². The van der Waals surface area contributed by atoms with E-state index in [0.717, 1.165) is 4.68 Å². The Hall–Kier alpha value is -1.37. The van der Waals surface area contributed by atoms with Gasteiger partial charge >= 0.3 is 12.1 Å². The van der Waals surface area contributed by atoms with E-state index >= 15 is 0 Å². The highest BCUT2D eigenvalue weighted by Crippen LogP contribution is 2.18. The van der Waals surface area contributed by atoms with Gasteiger partial charge in [0.2, 0.25) is 0 Å². The van der Waals surface area contributed by atoms with Crippen LogP contribution in [0.15, 0.2) is 6.20 Å². The lowest BCUT2D eigenvalue weighted by Gasteiger charge is -2.19. The summed E-state index contributed by atoms with van der Waals surface area (Å²) in [6.45, 7) is 10.6. The fraction of sp³-hybridized carbons (Fsp3) is 0.643. The van der Waals surface area contributed by atoms with Gasteiger partial charge in [0.15, 0.2) is 0 Å². The van der Waals surface area contributed by atoms with Crippen LogP contribution in [-0.4, -0.2) is 33.0 Å². The number of carbonyl (C=O) groups is 2.